The molecule has 0 bridgehead atoms. The lowest BCUT2D eigenvalue weighted by molar-refractivity contribution is 0.0544. The largest absolute Gasteiger partial charge is 0.497 e. The molecule has 2 N–H and O–H groups in total. The molecule has 0 aromatic heterocycles. The minimum absolute atomic E-state index is 0.0442. The lowest BCUT2D eigenvalue weighted by Crippen LogP contribution is -2.54. The molecule has 1 aliphatic carbocycles. The summed E-state index contributed by atoms with van der Waals surface area (Å²) in [5.74, 6) is 0.959. The molecule has 1 atom stereocenters. The van der Waals surface area contributed by atoms with Gasteiger partial charge in [0.15, 0.2) is 0 Å². The molecule has 3 heteroatoms. The summed E-state index contributed by atoms with van der Waals surface area (Å²) in [5, 5.41) is 0. The van der Waals surface area contributed by atoms with Crippen molar-refractivity contribution in [1.82, 2.24) is 4.90 Å². The first-order chi connectivity index (χ1) is 9.80. The van der Waals surface area contributed by atoms with Crippen LogP contribution in [-0.2, 0) is 12.0 Å². The molecule has 1 fully saturated rings. The van der Waals surface area contributed by atoms with Crippen LogP contribution in [0.4, 0.5) is 0 Å². The molecule has 110 valence electrons. The van der Waals surface area contributed by atoms with E-state index in [0.29, 0.717) is 6.54 Å². The number of benzene rings is 1. The third kappa shape index (κ3) is 2.23. The quantitative estimate of drug-likeness (QED) is 0.921. The van der Waals surface area contributed by atoms with Crippen LogP contribution in [0.5, 0.6) is 5.75 Å². The predicted octanol–water partition coefficient (Wildman–Crippen LogP) is 2.67. The zero-order chi connectivity index (χ0) is 14.0. The normalized spacial score (nSPS) is 27.1. The monoisotopic (exact) mass is 274 g/mol. The average Bonchev–Trinajstić information content (AvgIpc) is 2.54. The maximum Gasteiger partial charge on any atom is 0.119 e. The summed E-state index contributed by atoms with van der Waals surface area (Å²) < 4.78 is 5.45. The average molecular weight is 274 g/mol. The van der Waals surface area contributed by atoms with Gasteiger partial charge in [0, 0.05) is 6.54 Å². The van der Waals surface area contributed by atoms with Crippen molar-refractivity contribution in [2.45, 2.75) is 44.1 Å². The van der Waals surface area contributed by atoms with E-state index in [1.165, 1.54) is 62.7 Å². The standard InChI is InChI=1S/C17H26N2O/c1-20-15-8-7-14-6-5-9-17(13-18,16(14)12-15)19-10-3-2-4-11-19/h7-8,12H,2-6,9-11,13,18H2,1H3. The smallest absolute Gasteiger partial charge is 0.119 e. The lowest BCUT2D eigenvalue weighted by Gasteiger charge is -2.48. The van der Waals surface area contributed by atoms with Crippen LogP contribution in [0.3, 0.4) is 0 Å². The number of ether oxygens (including phenoxy) is 1. The maximum atomic E-state index is 6.29. The van der Waals surface area contributed by atoms with Crippen molar-refractivity contribution in [3.8, 4) is 5.75 Å². The zero-order valence-electron chi connectivity index (χ0n) is 12.5. The molecule has 0 radical (unpaired) electrons. The van der Waals surface area contributed by atoms with E-state index in [9.17, 15) is 0 Å². The van der Waals surface area contributed by atoms with Crippen molar-refractivity contribution in [2.24, 2.45) is 5.73 Å². The van der Waals surface area contributed by atoms with Crippen molar-refractivity contribution in [2.75, 3.05) is 26.7 Å². The molecule has 1 unspecified atom stereocenters. The first-order valence-electron chi connectivity index (χ1n) is 7.93. The topological polar surface area (TPSA) is 38.5 Å². The van der Waals surface area contributed by atoms with Crippen LogP contribution < -0.4 is 10.5 Å². The van der Waals surface area contributed by atoms with Gasteiger partial charge in [-0.15, -0.1) is 0 Å². The summed E-state index contributed by atoms with van der Waals surface area (Å²) in [5.41, 5.74) is 9.23. The fourth-order valence-corrected chi connectivity index (χ4v) is 4.03. The number of aryl methyl sites for hydroxylation is 1. The molecule has 3 rings (SSSR count). The second-order valence-electron chi connectivity index (χ2n) is 6.16. The lowest BCUT2D eigenvalue weighted by atomic mass is 9.74. The molecule has 0 spiro atoms. The molecule has 0 saturated carbocycles. The molecule has 2 aliphatic rings. The number of hydrogen-bond donors (Lipinski definition) is 1. The second kappa shape index (κ2) is 5.74. The SMILES string of the molecule is COc1ccc2c(c1)C(CN)(N1CCCCC1)CCC2. The summed E-state index contributed by atoms with van der Waals surface area (Å²) in [6.45, 7) is 3.09. The number of nitrogens with two attached hydrogens (primary N) is 1. The Kier molecular flexibility index (Phi) is 3.99. The molecule has 1 aliphatic heterocycles. The van der Waals surface area contributed by atoms with E-state index in [2.05, 4.69) is 23.1 Å². The summed E-state index contributed by atoms with van der Waals surface area (Å²) in [4.78, 5) is 2.65. The molecule has 20 heavy (non-hydrogen) atoms. The fraction of sp³-hybridized carbons (Fsp3) is 0.647. The third-order valence-corrected chi connectivity index (χ3v) is 5.15. The van der Waals surface area contributed by atoms with Crippen molar-refractivity contribution in [3.05, 3.63) is 29.3 Å². The van der Waals surface area contributed by atoms with Gasteiger partial charge in [0.25, 0.3) is 0 Å². The highest BCUT2D eigenvalue weighted by Crippen LogP contribution is 2.42. The fourth-order valence-electron chi connectivity index (χ4n) is 4.03. The van der Waals surface area contributed by atoms with E-state index in [1.54, 1.807) is 7.11 Å². The second-order valence-corrected chi connectivity index (χ2v) is 6.16. The van der Waals surface area contributed by atoms with E-state index in [1.807, 2.05) is 0 Å². The Bertz CT molecular complexity index is 468. The molecular formula is C17H26N2O. The van der Waals surface area contributed by atoms with Crippen LogP contribution in [0.2, 0.25) is 0 Å². The molecule has 1 aromatic carbocycles. The van der Waals surface area contributed by atoms with E-state index in [4.69, 9.17) is 10.5 Å². The van der Waals surface area contributed by atoms with Gasteiger partial charge in [-0.05, 0) is 68.5 Å². The number of nitrogens with zero attached hydrogens (tertiary/aromatic N) is 1. The van der Waals surface area contributed by atoms with Crippen molar-refractivity contribution >= 4 is 0 Å². The Morgan fingerprint density at radius 1 is 1.20 bits per heavy atom. The van der Waals surface area contributed by atoms with Gasteiger partial charge in [-0.1, -0.05) is 12.5 Å². The molecular weight excluding hydrogens is 248 g/mol. The summed E-state index contributed by atoms with van der Waals surface area (Å²) >= 11 is 0. The molecule has 0 amide bonds. The number of methoxy groups -OCH3 is 1. The highest BCUT2D eigenvalue weighted by molar-refractivity contribution is 5.42. The van der Waals surface area contributed by atoms with Gasteiger partial charge in [-0.3, -0.25) is 4.90 Å². The van der Waals surface area contributed by atoms with Crippen molar-refractivity contribution < 1.29 is 4.74 Å². The summed E-state index contributed by atoms with van der Waals surface area (Å²) in [7, 11) is 1.75. The van der Waals surface area contributed by atoms with Crippen LogP contribution >= 0.6 is 0 Å². The zero-order valence-corrected chi connectivity index (χ0v) is 12.5. The highest BCUT2D eigenvalue weighted by Gasteiger charge is 2.41. The van der Waals surface area contributed by atoms with Crippen LogP contribution in [0, 0.1) is 0 Å². The number of likely N-dealkylation sites (tertiary alicyclic amines) is 1. The highest BCUT2D eigenvalue weighted by atomic mass is 16.5. The van der Waals surface area contributed by atoms with E-state index < -0.39 is 0 Å². The Hall–Kier alpha value is -1.06. The Morgan fingerprint density at radius 3 is 2.70 bits per heavy atom. The van der Waals surface area contributed by atoms with E-state index in [0.717, 1.165) is 5.75 Å². The Labute approximate surface area is 122 Å². The number of fused-ring (bicyclic) bond motifs is 1. The molecule has 1 saturated heterocycles. The van der Waals surface area contributed by atoms with Gasteiger partial charge < -0.3 is 10.5 Å². The Morgan fingerprint density at radius 2 is 2.00 bits per heavy atom. The summed E-state index contributed by atoms with van der Waals surface area (Å²) in [6, 6.07) is 6.55. The number of hydrogen-bond acceptors (Lipinski definition) is 3. The molecule has 3 nitrogen and oxygen atoms in total. The first-order valence-corrected chi connectivity index (χ1v) is 7.93. The first kappa shape index (κ1) is 13.9. The number of rotatable bonds is 3. The van der Waals surface area contributed by atoms with Gasteiger partial charge in [0.2, 0.25) is 0 Å². The predicted molar refractivity (Wildman–Crippen MR) is 82.1 cm³/mol. The van der Waals surface area contributed by atoms with Gasteiger partial charge in [0.05, 0.1) is 12.6 Å². The van der Waals surface area contributed by atoms with Gasteiger partial charge in [0.1, 0.15) is 5.75 Å². The molecule has 1 heterocycles. The number of piperidine rings is 1. The van der Waals surface area contributed by atoms with Crippen molar-refractivity contribution in [3.63, 3.8) is 0 Å². The van der Waals surface area contributed by atoms with Crippen LogP contribution in [0.15, 0.2) is 18.2 Å². The van der Waals surface area contributed by atoms with Gasteiger partial charge >= 0.3 is 0 Å². The minimum atomic E-state index is 0.0442. The van der Waals surface area contributed by atoms with E-state index >= 15 is 0 Å². The van der Waals surface area contributed by atoms with Crippen molar-refractivity contribution in [1.29, 1.82) is 0 Å². The van der Waals surface area contributed by atoms with E-state index in [-0.39, 0.29) is 5.54 Å². The maximum absolute atomic E-state index is 6.29. The van der Waals surface area contributed by atoms with Gasteiger partial charge in [-0.2, -0.15) is 0 Å². The Balaban J connectivity index is 2.03. The minimum Gasteiger partial charge on any atom is -0.497 e. The van der Waals surface area contributed by atoms with Crippen LogP contribution in [0.1, 0.15) is 43.2 Å². The summed E-state index contributed by atoms with van der Waals surface area (Å²) in [6.07, 6.45) is 7.58. The van der Waals surface area contributed by atoms with Crippen LogP contribution in [-0.4, -0.2) is 31.6 Å². The van der Waals surface area contributed by atoms with Crippen LogP contribution in [0.25, 0.3) is 0 Å². The van der Waals surface area contributed by atoms with Gasteiger partial charge in [-0.25, -0.2) is 0 Å². The molecule has 1 aromatic rings. The third-order valence-electron chi connectivity index (χ3n) is 5.15.